The predicted molar refractivity (Wildman–Crippen MR) is 97.8 cm³/mol. The Hall–Kier alpha value is -2.14. The Kier molecular flexibility index (Phi) is 4.69. The van der Waals surface area contributed by atoms with Crippen LogP contribution in [-0.4, -0.2) is 26.9 Å². The molecule has 0 fully saturated rings. The molecular formula is C19H22ClN3O2. The molecule has 1 aromatic carbocycles. The van der Waals surface area contributed by atoms with E-state index in [2.05, 4.69) is 4.98 Å². The SMILES string of the molecule is CCn1cnc2c(c1=O)CCN(C(=O)C(C)(C)c1cccc(Cl)c1)C2. The van der Waals surface area contributed by atoms with E-state index in [1.165, 1.54) is 0 Å². The molecule has 132 valence electrons. The molecule has 0 atom stereocenters. The third-order valence-electron chi connectivity index (χ3n) is 4.90. The van der Waals surface area contributed by atoms with Crippen molar-refractivity contribution in [3.8, 4) is 0 Å². The van der Waals surface area contributed by atoms with Crippen LogP contribution in [0.25, 0.3) is 0 Å². The molecule has 5 nitrogen and oxygen atoms in total. The fraction of sp³-hybridized carbons (Fsp3) is 0.421. The molecule has 1 aliphatic rings. The number of rotatable bonds is 3. The molecule has 2 aromatic rings. The van der Waals surface area contributed by atoms with Crippen LogP contribution < -0.4 is 5.56 Å². The predicted octanol–water partition coefficient (Wildman–Crippen LogP) is 2.78. The van der Waals surface area contributed by atoms with Crippen molar-refractivity contribution in [1.82, 2.24) is 14.5 Å². The number of amides is 1. The van der Waals surface area contributed by atoms with E-state index < -0.39 is 5.41 Å². The minimum absolute atomic E-state index is 0.00806. The van der Waals surface area contributed by atoms with E-state index in [0.29, 0.717) is 36.8 Å². The van der Waals surface area contributed by atoms with Crippen LogP contribution >= 0.6 is 11.6 Å². The van der Waals surface area contributed by atoms with E-state index in [-0.39, 0.29) is 11.5 Å². The molecular weight excluding hydrogens is 338 g/mol. The van der Waals surface area contributed by atoms with Crippen molar-refractivity contribution in [2.45, 2.75) is 45.7 Å². The second-order valence-corrected chi connectivity index (χ2v) is 7.31. The van der Waals surface area contributed by atoms with Crippen molar-refractivity contribution >= 4 is 17.5 Å². The largest absolute Gasteiger partial charge is 0.336 e. The summed E-state index contributed by atoms with van der Waals surface area (Å²) < 4.78 is 1.60. The van der Waals surface area contributed by atoms with Crippen LogP contribution in [0.3, 0.4) is 0 Å². The lowest BCUT2D eigenvalue weighted by Crippen LogP contribution is -2.47. The van der Waals surface area contributed by atoms with E-state index in [0.717, 1.165) is 11.1 Å². The first-order valence-corrected chi connectivity index (χ1v) is 8.85. The lowest BCUT2D eigenvalue weighted by atomic mass is 9.82. The summed E-state index contributed by atoms with van der Waals surface area (Å²) >= 11 is 6.08. The van der Waals surface area contributed by atoms with Gasteiger partial charge in [-0.15, -0.1) is 0 Å². The van der Waals surface area contributed by atoms with Gasteiger partial charge in [0.15, 0.2) is 0 Å². The summed E-state index contributed by atoms with van der Waals surface area (Å²) in [4.78, 5) is 31.7. The zero-order valence-electron chi connectivity index (χ0n) is 14.8. The summed E-state index contributed by atoms with van der Waals surface area (Å²) in [6, 6.07) is 7.40. The minimum Gasteiger partial charge on any atom is -0.336 e. The maximum atomic E-state index is 13.1. The van der Waals surface area contributed by atoms with E-state index in [1.807, 2.05) is 39.0 Å². The monoisotopic (exact) mass is 359 g/mol. The number of aryl methyl sites for hydroxylation is 1. The average molecular weight is 360 g/mol. The molecule has 1 aliphatic heterocycles. The van der Waals surface area contributed by atoms with E-state index in [4.69, 9.17) is 11.6 Å². The number of carbonyl (C=O) groups is 1. The van der Waals surface area contributed by atoms with Crippen LogP contribution in [0.4, 0.5) is 0 Å². The maximum Gasteiger partial charge on any atom is 0.256 e. The zero-order valence-corrected chi connectivity index (χ0v) is 15.5. The quantitative estimate of drug-likeness (QED) is 0.846. The van der Waals surface area contributed by atoms with Gasteiger partial charge in [0.1, 0.15) is 0 Å². The molecule has 25 heavy (non-hydrogen) atoms. The Morgan fingerprint density at radius 1 is 1.36 bits per heavy atom. The molecule has 0 unspecified atom stereocenters. The van der Waals surface area contributed by atoms with Crippen LogP contribution in [0.5, 0.6) is 0 Å². The van der Waals surface area contributed by atoms with E-state index in [1.54, 1.807) is 21.9 Å². The molecule has 0 bridgehead atoms. The van der Waals surface area contributed by atoms with Gasteiger partial charge in [-0.05, 0) is 44.9 Å². The highest BCUT2D eigenvalue weighted by Gasteiger charge is 2.36. The standard InChI is InChI=1S/C19H22ClN3O2/c1-4-22-12-21-16-11-23(9-8-15(16)17(22)24)18(25)19(2,3)13-6-5-7-14(20)10-13/h5-7,10,12H,4,8-9,11H2,1-3H3. The van der Waals surface area contributed by atoms with Gasteiger partial charge in [-0.1, -0.05) is 23.7 Å². The molecule has 1 aromatic heterocycles. The van der Waals surface area contributed by atoms with Gasteiger partial charge in [0, 0.05) is 23.7 Å². The van der Waals surface area contributed by atoms with Crippen LogP contribution in [-0.2, 0) is 29.7 Å². The number of carbonyl (C=O) groups excluding carboxylic acids is 1. The second kappa shape index (κ2) is 6.64. The molecule has 2 heterocycles. The van der Waals surface area contributed by atoms with Crippen molar-refractivity contribution in [3.05, 3.63) is 62.8 Å². The first-order valence-electron chi connectivity index (χ1n) is 8.47. The first-order chi connectivity index (χ1) is 11.8. The third kappa shape index (κ3) is 3.21. The molecule has 0 saturated heterocycles. The summed E-state index contributed by atoms with van der Waals surface area (Å²) in [5.74, 6) is 0.0156. The molecule has 0 spiro atoms. The molecule has 0 N–H and O–H groups in total. The molecule has 6 heteroatoms. The number of nitrogens with zero attached hydrogens (tertiary/aromatic N) is 3. The van der Waals surface area contributed by atoms with E-state index in [9.17, 15) is 9.59 Å². The van der Waals surface area contributed by atoms with Crippen molar-refractivity contribution in [1.29, 1.82) is 0 Å². The maximum absolute atomic E-state index is 13.1. The summed E-state index contributed by atoms with van der Waals surface area (Å²) in [5.41, 5.74) is 1.63. The summed E-state index contributed by atoms with van der Waals surface area (Å²) in [6.45, 7) is 7.22. The van der Waals surface area contributed by atoms with Gasteiger partial charge in [0.25, 0.3) is 5.56 Å². The number of halogens is 1. The highest BCUT2D eigenvalue weighted by atomic mass is 35.5. The topological polar surface area (TPSA) is 55.2 Å². The van der Waals surface area contributed by atoms with Gasteiger partial charge in [-0.25, -0.2) is 4.98 Å². The Labute approximate surface area is 152 Å². The Bertz CT molecular complexity index is 873. The van der Waals surface area contributed by atoms with Gasteiger partial charge in [-0.2, -0.15) is 0 Å². The third-order valence-corrected chi connectivity index (χ3v) is 5.14. The molecule has 0 aliphatic carbocycles. The van der Waals surface area contributed by atoms with E-state index >= 15 is 0 Å². The summed E-state index contributed by atoms with van der Waals surface area (Å²) in [5, 5.41) is 0.615. The average Bonchev–Trinajstić information content (AvgIpc) is 2.61. The van der Waals surface area contributed by atoms with Gasteiger partial charge in [-0.3, -0.25) is 14.2 Å². The first kappa shape index (κ1) is 17.7. The van der Waals surface area contributed by atoms with Crippen LogP contribution in [0.15, 0.2) is 35.4 Å². The normalized spacial score (nSPS) is 14.3. The Morgan fingerprint density at radius 3 is 2.80 bits per heavy atom. The van der Waals surface area contributed by atoms with Crippen molar-refractivity contribution in [2.24, 2.45) is 0 Å². The molecule has 1 amide bonds. The van der Waals surface area contributed by atoms with Gasteiger partial charge >= 0.3 is 0 Å². The zero-order chi connectivity index (χ0) is 18.2. The highest BCUT2D eigenvalue weighted by Crippen LogP contribution is 2.29. The van der Waals surface area contributed by atoms with Gasteiger partial charge in [0.2, 0.25) is 5.91 Å². The molecule has 3 rings (SSSR count). The summed E-state index contributed by atoms with van der Waals surface area (Å²) in [7, 11) is 0. The number of aromatic nitrogens is 2. The number of benzene rings is 1. The van der Waals surface area contributed by atoms with Crippen molar-refractivity contribution in [2.75, 3.05) is 6.54 Å². The number of hydrogen-bond donors (Lipinski definition) is 0. The van der Waals surface area contributed by atoms with Crippen LogP contribution in [0, 0.1) is 0 Å². The fourth-order valence-electron chi connectivity index (χ4n) is 3.26. The Balaban J connectivity index is 1.87. The number of fused-ring (bicyclic) bond motifs is 1. The van der Waals surface area contributed by atoms with Crippen molar-refractivity contribution < 1.29 is 4.79 Å². The van der Waals surface area contributed by atoms with Gasteiger partial charge < -0.3 is 4.90 Å². The van der Waals surface area contributed by atoms with Gasteiger partial charge in [0.05, 0.1) is 24.0 Å². The molecule has 0 radical (unpaired) electrons. The smallest absolute Gasteiger partial charge is 0.256 e. The lowest BCUT2D eigenvalue weighted by Gasteiger charge is -2.35. The summed E-state index contributed by atoms with van der Waals surface area (Å²) in [6.07, 6.45) is 2.11. The minimum atomic E-state index is -0.694. The van der Waals surface area contributed by atoms with Crippen LogP contribution in [0.1, 0.15) is 37.6 Å². The number of hydrogen-bond acceptors (Lipinski definition) is 3. The Morgan fingerprint density at radius 2 is 2.12 bits per heavy atom. The highest BCUT2D eigenvalue weighted by molar-refractivity contribution is 6.30. The van der Waals surface area contributed by atoms with Crippen LogP contribution in [0.2, 0.25) is 5.02 Å². The second-order valence-electron chi connectivity index (χ2n) is 6.87. The molecule has 0 saturated carbocycles. The lowest BCUT2D eigenvalue weighted by molar-refractivity contribution is -0.137. The fourth-order valence-corrected chi connectivity index (χ4v) is 3.45. The van der Waals surface area contributed by atoms with Crippen molar-refractivity contribution in [3.63, 3.8) is 0 Å².